The number of nitro groups is 1. The first-order valence-corrected chi connectivity index (χ1v) is 4.29. The average molecular weight is 226 g/mol. The lowest BCUT2D eigenvalue weighted by Crippen LogP contribution is -2.04. The number of rotatable bonds is 1. The Morgan fingerprint density at radius 3 is 2.87 bits per heavy atom. The van der Waals surface area contributed by atoms with Crippen LogP contribution < -0.4 is 5.43 Å². The minimum absolute atomic E-state index is 0.0841. The Labute approximate surface area is 87.6 Å². The number of H-pyrrole nitrogens is 1. The third-order valence-corrected chi connectivity index (χ3v) is 2.31. The van der Waals surface area contributed by atoms with Gasteiger partial charge in [0.05, 0.1) is 22.0 Å². The molecular formula is C8H4ClN3O3. The summed E-state index contributed by atoms with van der Waals surface area (Å²) in [5.74, 6) is 0. The van der Waals surface area contributed by atoms with Crippen molar-refractivity contribution in [2.75, 3.05) is 0 Å². The van der Waals surface area contributed by atoms with Gasteiger partial charge in [0.25, 0.3) is 5.69 Å². The van der Waals surface area contributed by atoms with E-state index in [0.717, 1.165) is 6.20 Å². The van der Waals surface area contributed by atoms with Crippen LogP contribution in [0.1, 0.15) is 0 Å². The fourth-order valence-electron chi connectivity index (χ4n) is 1.27. The number of hydrogen-bond acceptors (Lipinski definition) is 4. The SMILES string of the molecule is O=c1cn[nH]c2ccc([N+](=O)[O-])c(Cl)c12. The molecule has 2 aromatic rings. The van der Waals surface area contributed by atoms with Crippen molar-refractivity contribution < 1.29 is 4.92 Å². The standard InChI is InChI=1S/C8H4ClN3O3/c9-8-5(12(14)15)2-1-4-7(8)6(13)3-10-11-4/h1-3H,(H,11,13). The Balaban J connectivity index is 2.95. The van der Waals surface area contributed by atoms with E-state index in [1.54, 1.807) is 0 Å². The predicted molar refractivity (Wildman–Crippen MR) is 54.0 cm³/mol. The van der Waals surface area contributed by atoms with Gasteiger partial charge in [-0.15, -0.1) is 0 Å². The lowest BCUT2D eigenvalue weighted by molar-refractivity contribution is -0.384. The van der Waals surface area contributed by atoms with Crippen LogP contribution in [0.3, 0.4) is 0 Å². The zero-order valence-corrected chi connectivity index (χ0v) is 7.99. The van der Waals surface area contributed by atoms with Crippen LogP contribution in [0.5, 0.6) is 0 Å². The molecule has 2 rings (SSSR count). The molecule has 0 aliphatic rings. The summed E-state index contributed by atoms with van der Waals surface area (Å²) in [6, 6.07) is 2.62. The predicted octanol–water partition coefficient (Wildman–Crippen LogP) is 1.48. The summed E-state index contributed by atoms with van der Waals surface area (Å²) < 4.78 is 0. The molecule has 0 amide bonds. The zero-order valence-electron chi connectivity index (χ0n) is 7.23. The van der Waals surface area contributed by atoms with Crippen molar-refractivity contribution in [3.8, 4) is 0 Å². The van der Waals surface area contributed by atoms with E-state index < -0.39 is 10.4 Å². The molecule has 76 valence electrons. The van der Waals surface area contributed by atoms with Crippen molar-refractivity contribution in [3.63, 3.8) is 0 Å². The van der Waals surface area contributed by atoms with Crippen LogP contribution in [0.15, 0.2) is 23.1 Å². The van der Waals surface area contributed by atoms with Gasteiger partial charge in [-0.3, -0.25) is 20.0 Å². The fraction of sp³-hybridized carbons (Fsp3) is 0. The van der Waals surface area contributed by atoms with Gasteiger partial charge in [-0.2, -0.15) is 5.10 Å². The number of aromatic amines is 1. The molecule has 0 bridgehead atoms. The highest BCUT2D eigenvalue weighted by atomic mass is 35.5. The maximum atomic E-state index is 11.4. The number of aromatic nitrogens is 2. The van der Waals surface area contributed by atoms with Gasteiger partial charge in [0.1, 0.15) is 5.02 Å². The van der Waals surface area contributed by atoms with Crippen molar-refractivity contribution in [1.82, 2.24) is 10.2 Å². The van der Waals surface area contributed by atoms with E-state index in [2.05, 4.69) is 10.2 Å². The van der Waals surface area contributed by atoms with E-state index in [9.17, 15) is 14.9 Å². The van der Waals surface area contributed by atoms with Gasteiger partial charge in [-0.05, 0) is 6.07 Å². The first kappa shape index (κ1) is 9.60. The molecule has 1 aromatic carbocycles. The minimum Gasteiger partial charge on any atom is -0.287 e. The number of benzene rings is 1. The summed E-state index contributed by atoms with van der Waals surface area (Å²) in [7, 11) is 0. The topological polar surface area (TPSA) is 88.9 Å². The largest absolute Gasteiger partial charge is 0.288 e. The highest BCUT2D eigenvalue weighted by Crippen LogP contribution is 2.28. The fourth-order valence-corrected chi connectivity index (χ4v) is 1.59. The van der Waals surface area contributed by atoms with Crippen molar-refractivity contribution >= 4 is 28.2 Å². The van der Waals surface area contributed by atoms with Crippen LogP contribution in [-0.4, -0.2) is 15.1 Å². The minimum atomic E-state index is -0.637. The van der Waals surface area contributed by atoms with Gasteiger partial charge in [0.15, 0.2) is 0 Å². The number of fused-ring (bicyclic) bond motifs is 1. The highest BCUT2D eigenvalue weighted by Gasteiger charge is 2.16. The Bertz CT molecular complexity index is 608. The normalized spacial score (nSPS) is 10.5. The van der Waals surface area contributed by atoms with E-state index in [1.807, 2.05) is 0 Å². The maximum absolute atomic E-state index is 11.4. The highest BCUT2D eigenvalue weighted by molar-refractivity contribution is 6.37. The summed E-state index contributed by atoms with van der Waals surface area (Å²) in [5, 5.41) is 16.6. The Morgan fingerprint density at radius 1 is 1.47 bits per heavy atom. The monoisotopic (exact) mass is 225 g/mol. The van der Waals surface area contributed by atoms with Crippen molar-refractivity contribution in [1.29, 1.82) is 0 Å². The van der Waals surface area contributed by atoms with Gasteiger partial charge in [-0.25, -0.2) is 0 Å². The second-order valence-electron chi connectivity index (χ2n) is 2.81. The summed E-state index contributed by atoms with van der Waals surface area (Å²) in [5.41, 5.74) is -0.364. The first-order valence-electron chi connectivity index (χ1n) is 3.91. The Kier molecular flexibility index (Phi) is 2.12. The summed E-state index contributed by atoms with van der Waals surface area (Å²) in [6.07, 6.45) is 1.03. The lowest BCUT2D eigenvalue weighted by atomic mass is 10.2. The van der Waals surface area contributed by atoms with Gasteiger partial charge in [0.2, 0.25) is 5.43 Å². The van der Waals surface area contributed by atoms with Crippen LogP contribution in [0.25, 0.3) is 10.9 Å². The van der Waals surface area contributed by atoms with Gasteiger partial charge in [-0.1, -0.05) is 11.6 Å². The second-order valence-corrected chi connectivity index (χ2v) is 3.19. The number of halogens is 1. The summed E-state index contributed by atoms with van der Waals surface area (Å²) >= 11 is 5.75. The number of hydrogen-bond donors (Lipinski definition) is 1. The van der Waals surface area contributed by atoms with E-state index in [4.69, 9.17) is 11.6 Å². The number of nitrogens with zero attached hydrogens (tertiary/aromatic N) is 2. The number of nitro benzene ring substituents is 1. The molecular weight excluding hydrogens is 222 g/mol. The lowest BCUT2D eigenvalue weighted by Gasteiger charge is -1.99. The second kappa shape index (κ2) is 3.32. The molecule has 0 aliphatic carbocycles. The molecule has 0 saturated heterocycles. The molecule has 1 aromatic heterocycles. The van der Waals surface area contributed by atoms with Gasteiger partial charge in [0, 0.05) is 6.07 Å². The van der Waals surface area contributed by atoms with Crippen molar-refractivity contribution in [3.05, 3.63) is 43.7 Å². The average Bonchev–Trinajstić information content (AvgIpc) is 2.17. The molecule has 1 heterocycles. The number of nitrogens with one attached hydrogen (secondary N) is 1. The molecule has 7 heteroatoms. The molecule has 0 atom stereocenters. The van der Waals surface area contributed by atoms with Crippen LogP contribution >= 0.6 is 11.6 Å². The Morgan fingerprint density at radius 2 is 2.20 bits per heavy atom. The van der Waals surface area contributed by atoms with Crippen molar-refractivity contribution in [2.45, 2.75) is 0 Å². The van der Waals surface area contributed by atoms with Gasteiger partial charge >= 0.3 is 0 Å². The first-order chi connectivity index (χ1) is 7.11. The van der Waals surface area contributed by atoms with E-state index in [-0.39, 0.29) is 16.1 Å². The molecule has 0 spiro atoms. The molecule has 0 saturated carbocycles. The molecule has 0 unspecified atom stereocenters. The summed E-state index contributed by atoms with van der Waals surface area (Å²) in [4.78, 5) is 21.3. The Hall–Kier alpha value is -1.95. The van der Waals surface area contributed by atoms with E-state index >= 15 is 0 Å². The molecule has 15 heavy (non-hydrogen) atoms. The smallest absolute Gasteiger partial charge is 0.287 e. The van der Waals surface area contributed by atoms with Crippen LogP contribution in [0.2, 0.25) is 5.02 Å². The molecule has 0 fully saturated rings. The third-order valence-electron chi connectivity index (χ3n) is 1.93. The zero-order chi connectivity index (χ0) is 11.0. The quantitative estimate of drug-likeness (QED) is 0.588. The summed E-state index contributed by atoms with van der Waals surface area (Å²) in [6.45, 7) is 0. The van der Waals surface area contributed by atoms with E-state index in [1.165, 1.54) is 12.1 Å². The molecule has 0 aliphatic heterocycles. The van der Waals surface area contributed by atoms with Crippen LogP contribution in [0, 0.1) is 10.1 Å². The molecule has 0 radical (unpaired) electrons. The molecule has 1 N–H and O–H groups in total. The van der Waals surface area contributed by atoms with Crippen molar-refractivity contribution in [2.24, 2.45) is 0 Å². The van der Waals surface area contributed by atoms with Crippen LogP contribution in [0.4, 0.5) is 5.69 Å². The third kappa shape index (κ3) is 1.44. The van der Waals surface area contributed by atoms with Gasteiger partial charge < -0.3 is 0 Å². The molecule has 6 nitrogen and oxygen atoms in total. The van der Waals surface area contributed by atoms with E-state index in [0.29, 0.717) is 5.52 Å². The maximum Gasteiger partial charge on any atom is 0.288 e. The van der Waals surface area contributed by atoms with Crippen LogP contribution in [-0.2, 0) is 0 Å².